The minimum absolute atomic E-state index is 0.0505. The number of rotatable bonds is 5. The molecule has 29 heavy (non-hydrogen) atoms. The maximum Gasteiger partial charge on any atom is 0.323 e. The van der Waals surface area contributed by atoms with Crippen LogP contribution in [0.2, 0.25) is 0 Å². The summed E-state index contributed by atoms with van der Waals surface area (Å²) in [6, 6.07) is 20.4. The van der Waals surface area contributed by atoms with Crippen molar-refractivity contribution in [3.8, 4) is 5.69 Å². The predicted molar refractivity (Wildman–Crippen MR) is 119 cm³/mol. The summed E-state index contributed by atoms with van der Waals surface area (Å²) in [5.41, 5.74) is 3.01. The van der Waals surface area contributed by atoms with Crippen molar-refractivity contribution in [1.82, 2.24) is 14.7 Å². The monoisotopic (exact) mass is 406 g/mol. The lowest BCUT2D eigenvalue weighted by Crippen LogP contribution is -2.33. The Morgan fingerprint density at radius 2 is 1.90 bits per heavy atom. The Morgan fingerprint density at radius 3 is 2.66 bits per heavy atom. The first kappa shape index (κ1) is 19.6. The Bertz CT molecular complexity index is 968. The summed E-state index contributed by atoms with van der Waals surface area (Å²) in [5, 5.41) is 7.61. The van der Waals surface area contributed by atoms with E-state index in [1.54, 1.807) is 4.68 Å². The number of urea groups is 1. The number of hydrogen-bond donors (Lipinski definition) is 1. The van der Waals surface area contributed by atoms with Gasteiger partial charge in [-0.1, -0.05) is 35.9 Å². The first-order valence-corrected chi connectivity index (χ1v) is 10.9. The minimum atomic E-state index is -0.0505. The summed E-state index contributed by atoms with van der Waals surface area (Å²) in [6.07, 6.45) is 1.05. The summed E-state index contributed by atoms with van der Waals surface area (Å²) in [6.45, 7) is 5.58. The van der Waals surface area contributed by atoms with Crippen molar-refractivity contribution in [1.29, 1.82) is 0 Å². The van der Waals surface area contributed by atoms with E-state index < -0.39 is 0 Å². The second-order valence-corrected chi connectivity index (χ2v) is 8.67. The van der Waals surface area contributed by atoms with Crippen LogP contribution in [0, 0.1) is 19.8 Å². The van der Waals surface area contributed by atoms with Crippen molar-refractivity contribution in [2.75, 3.05) is 24.2 Å². The second-order valence-electron chi connectivity index (χ2n) is 7.57. The third-order valence-corrected chi connectivity index (χ3v) is 6.39. The zero-order valence-electron chi connectivity index (χ0n) is 16.8. The van der Waals surface area contributed by atoms with E-state index in [1.807, 2.05) is 60.0 Å². The van der Waals surface area contributed by atoms with Gasteiger partial charge in [0.05, 0.1) is 11.4 Å². The van der Waals surface area contributed by atoms with Crippen molar-refractivity contribution in [2.24, 2.45) is 5.92 Å². The minimum Gasteiger partial charge on any atom is -0.324 e. The van der Waals surface area contributed by atoms with Crippen LogP contribution < -0.4 is 5.32 Å². The average molecular weight is 407 g/mol. The Balaban J connectivity index is 1.37. The van der Waals surface area contributed by atoms with Crippen molar-refractivity contribution in [3.05, 3.63) is 71.9 Å². The molecule has 3 aromatic rings. The topological polar surface area (TPSA) is 50.2 Å². The fraction of sp³-hybridized carbons (Fsp3) is 0.304. The molecule has 1 saturated heterocycles. The van der Waals surface area contributed by atoms with Crippen molar-refractivity contribution in [3.63, 3.8) is 0 Å². The van der Waals surface area contributed by atoms with E-state index in [0.29, 0.717) is 11.7 Å². The Labute approximate surface area is 176 Å². The van der Waals surface area contributed by atoms with Gasteiger partial charge in [0.2, 0.25) is 0 Å². The quantitative estimate of drug-likeness (QED) is 0.597. The van der Waals surface area contributed by atoms with Gasteiger partial charge >= 0.3 is 6.03 Å². The highest BCUT2D eigenvalue weighted by Crippen LogP contribution is 2.26. The molecule has 1 aliphatic heterocycles. The van der Waals surface area contributed by atoms with Crippen LogP contribution in [-0.2, 0) is 0 Å². The smallest absolute Gasteiger partial charge is 0.323 e. The normalized spacial score (nSPS) is 16.2. The first-order valence-electron chi connectivity index (χ1n) is 9.96. The number of amides is 2. The lowest BCUT2D eigenvalue weighted by atomic mass is 10.2. The number of carbonyl (C=O) groups excluding carboxylic acids is 1. The van der Waals surface area contributed by atoms with Gasteiger partial charge in [0, 0.05) is 29.8 Å². The Kier molecular flexibility index (Phi) is 5.90. The SMILES string of the molecule is Cc1ccc(-n2nc(C)cc2NC(=O)N2CC[C@@H](CSc3ccccc3)C2)cc1. The van der Waals surface area contributed by atoms with Crippen LogP contribution in [0.1, 0.15) is 17.7 Å². The molecule has 2 aromatic carbocycles. The first-order chi connectivity index (χ1) is 14.1. The molecule has 0 bridgehead atoms. The molecule has 5 nitrogen and oxygen atoms in total. The van der Waals surface area contributed by atoms with Crippen LogP contribution in [0.15, 0.2) is 65.6 Å². The second kappa shape index (κ2) is 8.74. The number of thioether (sulfide) groups is 1. The van der Waals surface area contributed by atoms with Gasteiger partial charge in [0.15, 0.2) is 0 Å². The van der Waals surface area contributed by atoms with Crippen LogP contribution in [0.25, 0.3) is 5.69 Å². The highest BCUT2D eigenvalue weighted by atomic mass is 32.2. The molecule has 1 N–H and O–H groups in total. The summed E-state index contributed by atoms with van der Waals surface area (Å²) in [4.78, 5) is 16.0. The molecule has 1 fully saturated rings. The number of anilines is 1. The van der Waals surface area contributed by atoms with Crippen molar-refractivity contribution >= 4 is 23.6 Å². The van der Waals surface area contributed by atoms with E-state index >= 15 is 0 Å². The molecular weight excluding hydrogens is 380 g/mol. The molecule has 0 unspecified atom stereocenters. The zero-order chi connectivity index (χ0) is 20.2. The number of aryl methyl sites for hydroxylation is 2. The number of carbonyl (C=O) groups is 1. The molecule has 0 aliphatic carbocycles. The fourth-order valence-corrected chi connectivity index (χ4v) is 4.59. The molecule has 150 valence electrons. The number of aromatic nitrogens is 2. The Morgan fingerprint density at radius 1 is 1.14 bits per heavy atom. The zero-order valence-corrected chi connectivity index (χ0v) is 17.7. The molecule has 1 aliphatic rings. The third kappa shape index (κ3) is 4.82. The van der Waals surface area contributed by atoms with E-state index in [1.165, 1.54) is 10.5 Å². The van der Waals surface area contributed by atoms with Crippen LogP contribution in [-0.4, -0.2) is 39.6 Å². The van der Waals surface area contributed by atoms with Crippen molar-refractivity contribution in [2.45, 2.75) is 25.2 Å². The van der Waals surface area contributed by atoms with Crippen LogP contribution in [0.5, 0.6) is 0 Å². The van der Waals surface area contributed by atoms with Gasteiger partial charge in [-0.25, -0.2) is 9.48 Å². The standard InChI is InChI=1S/C23H26N4OS/c1-17-8-10-20(11-9-17)27-22(14-18(2)25-27)24-23(28)26-13-12-19(15-26)16-29-21-6-4-3-5-7-21/h3-11,14,19H,12-13,15-16H2,1-2H3,(H,24,28)/t19-/m1/s1. The van der Waals surface area contributed by atoms with Gasteiger partial charge in [-0.2, -0.15) is 5.10 Å². The molecular formula is C23H26N4OS. The highest BCUT2D eigenvalue weighted by molar-refractivity contribution is 7.99. The van der Waals surface area contributed by atoms with E-state index in [9.17, 15) is 4.79 Å². The number of likely N-dealkylation sites (tertiary alicyclic amines) is 1. The Hall–Kier alpha value is -2.73. The molecule has 4 rings (SSSR count). The van der Waals surface area contributed by atoms with Gasteiger partial charge in [-0.05, 0) is 50.5 Å². The number of nitrogens with zero attached hydrogens (tertiary/aromatic N) is 3. The largest absolute Gasteiger partial charge is 0.324 e. The third-order valence-electron chi connectivity index (χ3n) is 5.15. The van der Waals surface area contributed by atoms with Gasteiger partial charge < -0.3 is 4.90 Å². The molecule has 0 spiro atoms. The molecule has 2 heterocycles. The maximum atomic E-state index is 12.8. The molecule has 0 radical (unpaired) electrons. The van der Waals surface area contributed by atoms with Crippen LogP contribution in [0.3, 0.4) is 0 Å². The predicted octanol–water partition coefficient (Wildman–Crippen LogP) is 5.14. The molecule has 6 heteroatoms. The van der Waals surface area contributed by atoms with E-state index in [2.05, 4.69) is 41.6 Å². The molecule has 1 aromatic heterocycles. The summed E-state index contributed by atoms with van der Waals surface area (Å²) < 4.78 is 1.80. The molecule has 0 saturated carbocycles. The summed E-state index contributed by atoms with van der Waals surface area (Å²) >= 11 is 1.87. The van der Waals surface area contributed by atoms with Crippen LogP contribution >= 0.6 is 11.8 Å². The highest BCUT2D eigenvalue weighted by Gasteiger charge is 2.27. The van der Waals surface area contributed by atoms with Gasteiger partial charge in [0.25, 0.3) is 0 Å². The summed E-state index contributed by atoms with van der Waals surface area (Å²) in [5.74, 6) is 2.27. The van der Waals surface area contributed by atoms with Crippen molar-refractivity contribution < 1.29 is 4.79 Å². The lowest BCUT2D eigenvalue weighted by Gasteiger charge is -2.18. The average Bonchev–Trinajstić information content (AvgIpc) is 3.34. The number of nitrogens with one attached hydrogen (secondary N) is 1. The van der Waals surface area contributed by atoms with Gasteiger partial charge in [-0.3, -0.25) is 5.32 Å². The van der Waals surface area contributed by atoms with E-state index in [-0.39, 0.29) is 6.03 Å². The summed E-state index contributed by atoms with van der Waals surface area (Å²) in [7, 11) is 0. The van der Waals surface area contributed by atoms with E-state index in [4.69, 9.17) is 0 Å². The van der Waals surface area contributed by atoms with Gasteiger partial charge in [-0.15, -0.1) is 11.8 Å². The lowest BCUT2D eigenvalue weighted by molar-refractivity contribution is 0.221. The molecule has 2 amide bonds. The van der Waals surface area contributed by atoms with Crippen LogP contribution in [0.4, 0.5) is 10.6 Å². The maximum absolute atomic E-state index is 12.8. The molecule has 1 atom stereocenters. The fourth-order valence-electron chi connectivity index (χ4n) is 3.54. The van der Waals surface area contributed by atoms with Gasteiger partial charge in [0.1, 0.15) is 5.82 Å². The number of hydrogen-bond acceptors (Lipinski definition) is 3. The number of benzene rings is 2. The van der Waals surface area contributed by atoms with E-state index in [0.717, 1.165) is 36.6 Å².